The number of rotatable bonds is 9. The molecular weight excluding hydrogens is 406 g/mol. The number of benzene rings is 2. The Balaban J connectivity index is 1.22. The molecule has 1 saturated heterocycles. The van der Waals surface area contributed by atoms with E-state index in [0.717, 1.165) is 37.5 Å². The summed E-state index contributed by atoms with van der Waals surface area (Å²) in [5.74, 6) is 0.693. The quantitative estimate of drug-likeness (QED) is 0.354. The lowest BCUT2D eigenvalue weighted by molar-refractivity contribution is -0.116. The highest BCUT2D eigenvalue weighted by Gasteiger charge is 2.27. The summed E-state index contributed by atoms with van der Waals surface area (Å²) in [5.41, 5.74) is 3.66. The van der Waals surface area contributed by atoms with Crippen molar-refractivity contribution in [1.82, 2.24) is 15.2 Å². The molecule has 1 amide bonds. The van der Waals surface area contributed by atoms with Crippen LogP contribution in [0.3, 0.4) is 0 Å². The fourth-order valence-corrected chi connectivity index (χ4v) is 4.69. The van der Waals surface area contributed by atoms with Crippen LogP contribution in [0.2, 0.25) is 0 Å². The van der Waals surface area contributed by atoms with Crippen LogP contribution in [0.5, 0.6) is 0 Å². The fraction of sp³-hybridized carbons (Fsp3) is 0.310. The van der Waals surface area contributed by atoms with Gasteiger partial charge in [-0.2, -0.15) is 0 Å². The molecule has 0 aliphatic carbocycles. The van der Waals surface area contributed by atoms with E-state index in [1.54, 1.807) is 24.5 Å². The molecule has 1 aliphatic rings. The van der Waals surface area contributed by atoms with Gasteiger partial charge in [-0.15, -0.1) is 0 Å². The van der Waals surface area contributed by atoms with Crippen molar-refractivity contribution in [2.45, 2.75) is 31.7 Å². The molecular formula is C29H33N3O. The van der Waals surface area contributed by atoms with Gasteiger partial charge in [-0.25, -0.2) is 0 Å². The van der Waals surface area contributed by atoms with Crippen LogP contribution in [0, 0.1) is 5.92 Å². The summed E-state index contributed by atoms with van der Waals surface area (Å²) in [7, 11) is 0. The second kappa shape index (κ2) is 12.1. The Morgan fingerprint density at radius 3 is 2.24 bits per heavy atom. The first-order chi connectivity index (χ1) is 16.3. The maximum absolute atomic E-state index is 12.0. The minimum absolute atomic E-state index is 0.0396. The number of likely N-dealkylation sites (tertiary alicyclic amines) is 1. The van der Waals surface area contributed by atoms with Gasteiger partial charge in [0.25, 0.3) is 0 Å². The molecule has 1 N–H and O–H groups in total. The van der Waals surface area contributed by atoms with Gasteiger partial charge in [0.2, 0.25) is 5.91 Å². The number of amides is 1. The molecule has 0 unspecified atom stereocenters. The van der Waals surface area contributed by atoms with E-state index in [-0.39, 0.29) is 5.91 Å². The van der Waals surface area contributed by atoms with E-state index in [1.165, 1.54) is 30.4 Å². The first-order valence-corrected chi connectivity index (χ1v) is 12.0. The molecule has 0 spiro atoms. The van der Waals surface area contributed by atoms with Crippen molar-refractivity contribution < 1.29 is 4.79 Å². The van der Waals surface area contributed by atoms with Gasteiger partial charge in [0, 0.05) is 25.0 Å². The lowest BCUT2D eigenvalue weighted by atomic mass is 9.89. The van der Waals surface area contributed by atoms with Gasteiger partial charge >= 0.3 is 0 Å². The number of nitrogens with one attached hydrogen (secondary N) is 1. The summed E-state index contributed by atoms with van der Waals surface area (Å²) in [5, 5.41) is 3.01. The van der Waals surface area contributed by atoms with E-state index in [9.17, 15) is 4.79 Å². The molecule has 4 nitrogen and oxygen atoms in total. The minimum Gasteiger partial charge on any atom is -0.353 e. The molecule has 3 aromatic rings. The molecule has 1 aliphatic heterocycles. The van der Waals surface area contributed by atoms with Gasteiger partial charge in [0.15, 0.2) is 0 Å². The Kier molecular flexibility index (Phi) is 8.42. The van der Waals surface area contributed by atoms with Gasteiger partial charge in [0.1, 0.15) is 0 Å². The smallest absolute Gasteiger partial charge is 0.243 e. The zero-order valence-electron chi connectivity index (χ0n) is 19.1. The molecule has 0 bridgehead atoms. The number of hydrogen-bond donors (Lipinski definition) is 1. The maximum atomic E-state index is 12.0. The molecule has 0 saturated carbocycles. The number of carbonyl (C=O) groups is 1. The Hall–Kier alpha value is -3.24. The topological polar surface area (TPSA) is 45.2 Å². The largest absolute Gasteiger partial charge is 0.353 e. The standard InChI is InChI=1S/C29H33N3O/c33-28(16-15-25-10-7-19-30-23-25)31-20-8-9-24-17-21-32(22-18-24)29(26-11-3-1-4-12-26)27-13-5-2-6-14-27/h1-7,10-16,19,23-24,29H,8-9,17-18,20-22H2,(H,31,33)/b16-15-. The Morgan fingerprint density at radius 2 is 1.64 bits per heavy atom. The van der Waals surface area contributed by atoms with Crippen LogP contribution in [-0.2, 0) is 4.79 Å². The first-order valence-electron chi connectivity index (χ1n) is 12.0. The van der Waals surface area contributed by atoms with Crippen molar-refractivity contribution in [2.24, 2.45) is 5.92 Å². The van der Waals surface area contributed by atoms with Crippen LogP contribution in [0.25, 0.3) is 6.08 Å². The molecule has 170 valence electrons. The van der Waals surface area contributed by atoms with Crippen molar-refractivity contribution in [3.63, 3.8) is 0 Å². The minimum atomic E-state index is -0.0396. The molecule has 2 heterocycles. The third kappa shape index (κ3) is 6.87. The highest BCUT2D eigenvalue weighted by molar-refractivity contribution is 5.91. The Bertz CT molecular complexity index is 957. The maximum Gasteiger partial charge on any atom is 0.243 e. The summed E-state index contributed by atoms with van der Waals surface area (Å²) >= 11 is 0. The first kappa shape index (κ1) is 22.9. The van der Waals surface area contributed by atoms with E-state index in [4.69, 9.17) is 0 Å². The van der Waals surface area contributed by atoms with E-state index in [0.29, 0.717) is 6.04 Å². The number of nitrogens with zero attached hydrogens (tertiary/aromatic N) is 2. The third-order valence-corrected chi connectivity index (χ3v) is 6.44. The summed E-state index contributed by atoms with van der Waals surface area (Å²) in [6.07, 6.45) is 11.5. The van der Waals surface area contributed by atoms with Crippen molar-refractivity contribution in [3.8, 4) is 0 Å². The molecule has 1 aromatic heterocycles. The zero-order chi connectivity index (χ0) is 22.7. The van der Waals surface area contributed by atoms with E-state index in [2.05, 4.69) is 75.9 Å². The number of piperidine rings is 1. The Morgan fingerprint density at radius 1 is 0.970 bits per heavy atom. The highest BCUT2D eigenvalue weighted by atomic mass is 16.1. The van der Waals surface area contributed by atoms with Crippen LogP contribution in [0.1, 0.15) is 48.4 Å². The zero-order valence-corrected chi connectivity index (χ0v) is 19.1. The van der Waals surface area contributed by atoms with Crippen LogP contribution in [-0.4, -0.2) is 35.4 Å². The van der Waals surface area contributed by atoms with E-state index in [1.807, 2.05) is 12.1 Å². The molecule has 4 heteroatoms. The van der Waals surface area contributed by atoms with Crippen molar-refractivity contribution >= 4 is 12.0 Å². The normalized spacial score (nSPS) is 15.2. The number of carbonyl (C=O) groups excluding carboxylic acids is 1. The van der Waals surface area contributed by atoms with Gasteiger partial charge in [0.05, 0.1) is 6.04 Å². The van der Waals surface area contributed by atoms with E-state index >= 15 is 0 Å². The lowest BCUT2D eigenvalue weighted by Gasteiger charge is -2.38. The molecule has 4 rings (SSSR count). The van der Waals surface area contributed by atoms with E-state index < -0.39 is 0 Å². The van der Waals surface area contributed by atoms with Gasteiger partial charge in [-0.3, -0.25) is 14.7 Å². The number of pyridine rings is 1. The lowest BCUT2D eigenvalue weighted by Crippen LogP contribution is -2.37. The molecule has 1 fully saturated rings. The summed E-state index contributed by atoms with van der Waals surface area (Å²) in [4.78, 5) is 18.7. The highest BCUT2D eigenvalue weighted by Crippen LogP contribution is 2.33. The monoisotopic (exact) mass is 439 g/mol. The Labute approximate surface area is 197 Å². The van der Waals surface area contributed by atoms with Crippen LogP contribution in [0.4, 0.5) is 0 Å². The van der Waals surface area contributed by atoms with Crippen LogP contribution < -0.4 is 5.32 Å². The SMILES string of the molecule is O=C(/C=C\c1cccnc1)NCCCC1CCN(C(c2ccccc2)c2ccccc2)CC1. The van der Waals surface area contributed by atoms with Gasteiger partial charge in [-0.05, 0) is 73.5 Å². The average molecular weight is 440 g/mol. The van der Waals surface area contributed by atoms with Crippen molar-refractivity contribution in [3.05, 3.63) is 108 Å². The van der Waals surface area contributed by atoms with Crippen LogP contribution in [0.15, 0.2) is 91.3 Å². The molecule has 2 aromatic carbocycles. The predicted molar refractivity (Wildman–Crippen MR) is 135 cm³/mol. The summed E-state index contributed by atoms with van der Waals surface area (Å²) in [6, 6.07) is 25.8. The summed E-state index contributed by atoms with van der Waals surface area (Å²) < 4.78 is 0. The van der Waals surface area contributed by atoms with Crippen molar-refractivity contribution in [2.75, 3.05) is 19.6 Å². The molecule has 0 radical (unpaired) electrons. The third-order valence-electron chi connectivity index (χ3n) is 6.44. The average Bonchev–Trinajstić information content (AvgIpc) is 2.88. The number of hydrogen-bond acceptors (Lipinski definition) is 3. The van der Waals surface area contributed by atoms with Crippen LogP contribution >= 0.6 is 0 Å². The predicted octanol–water partition coefficient (Wildman–Crippen LogP) is 5.49. The number of aromatic nitrogens is 1. The van der Waals surface area contributed by atoms with Gasteiger partial charge in [-0.1, -0.05) is 66.7 Å². The second-order valence-corrected chi connectivity index (χ2v) is 8.76. The molecule has 33 heavy (non-hydrogen) atoms. The fourth-order valence-electron chi connectivity index (χ4n) is 4.69. The van der Waals surface area contributed by atoms with Gasteiger partial charge < -0.3 is 5.32 Å². The van der Waals surface area contributed by atoms with Crippen molar-refractivity contribution in [1.29, 1.82) is 0 Å². The second-order valence-electron chi connectivity index (χ2n) is 8.76. The molecule has 0 atom stereocenters. The summed E-state index contributed by atoms with van der Waals surface area (Å²) in [6.45, 7) is 2.95.